The van der Waals surface area contributed by atoms with Gasteiger partial charge in [-0.1, -0.05) is 37.0 Å². The Bertz CT molecular complexity index is 469. The third-order valence-corrected chi connectivity index (χ3v) is 3.93. The smallest absolute Gasteiger partial charge is 0.358 e. The summed E-state index contributed by atoms with van der Waals surface area (Å²) in [5.74, 6) is 0.660. The van der Waals surface area contributed by atoms with Crippen molar-refractivity contribution in [3.05, 3.63) is 28.0 Å². The van der Waals surface area contributed by atoms with Crippen molar-refractivity contribution in [2.75, 3.05) is 0 Å². The quantitative estimate of drug-likeness (QED) is 0.601. The van der Waals surface area contributed by atoms with E-state index in [1.54, 1.807) is 12.1 Å². The number of rotatable bonds is 2. The fourth-order valence-electron chi connectivity index (χ4n) is 2.74. The van der Waals surface area contributed by atoms with Gasteiger partial charge >= 0.3 is 5.97 Å². The molecule has 0 saturated heterocycles. The minimum absolute atomic E-state index is 0.0527. The molecule has 104 valence electrons. The lowest BCUT2D eigenvalue weighted by Crippen LogP contribution is -2.28. The molecule has 0 radical (unpaired) electrons. The fraction of sp³-hybridized carbons (Fsp3) is 0.571. The SMILES string of the molecule is CC1CC(C)CC(OC(=O)c2nc(Cl)ccc2Cl)C1. The van der Waals surface area contributed by atoms with E-state index in [9.17, 15) is 4.79 Å². The van der Waals surface area contributed by atoms with E-state index in [4.69, 9.17) is 27.9 Å². The van der Waals surface area contributed by atoms with Gasteiger partial charge in [0.15, 0.2) is 5.69 Å². The molecular formula is C14H17Cl2NO2. The summed E-state index contributed by atoms with van der Waals surface area (Å²) in [6.45, 7) is 4.36. The van der Waals surface area contributed by atoms with Crippen LogP contribution in [0.3, 0.4) is 0 Å². The van der Waals surface area contributed by atoms with Gasteiger partial charge in [-0.05, 0) is 43.2 Å². The molecule has 1 fully saturated rings. The minimum atomic E-state index is -0.487. The fourth-order valence-corrected chi connectivity index (χ4v) is 3.07. The van der Waals surface area contributed by atoms with E-state index in [1.165, 1.54) is 6.42 Å². The van der Waals surface area contributed by atoms with E-state index in [2.05, 4.69) is 18.8 Å². The van der Waals surface area contributed by atoms with Crippen LogP contribution in [0.4, 0.5) is 0 Å². The van der Waals surface area contributed by atoms with Gasteiger partial charge in [0, 0.05) is 0 Å². The Kier molecular flexibility index (Phi) is 4.69. The largest absolute Gasteiger partial charge is 0.458 e. The molecule has 3 nitrogen and oxygen atoms in total. The summed E-state index contributed by atoms with van der Waals surface area (Å²) in [7, 11) is 0. The van der Waals surface area contributed by atoms with E-state index < -0.39 is 5.97 Å². The van der Waals surface area contributed by atoms with Crippen molar-refractivity contribution in [3.63, 3.8) is 0 Å². The Labute approximate surface area is 123 Å². The van der Waals surface area contributed by atoms with Crippen molar-refractivity contribution in [3.8, 4) is 0 Å². The number of pyridine rings is 1. The molecule has 0 aromatic carbocycles. The summed E-state index contributed by atoms with van der Waals surface area (Å²) in [6.07, 6.45) is 2.93. The van der Waals surface area contributed by atoms with Gasteiger partial charge in [-0.25, -0.2) is 9.78 Å². The Morgan fingerprint density at radius 1 is 1.21 bits per heavy atom. The molecule has 0 amide bonds. The first-order valence-corrected chi connectivity index (χ1v) is 7.24. The zero-order valence-electron chi connectivity index (χ0n) is 11.0. The van der Waals surface area contributed by atoms with Gasteiger partial charge in [-0.2, -0.15) is 0 Å². The average Bonchev–Trinajstić information content (AvgIpc) is 2.30. The van der Waals surface area contributed by atoms with Crippen molar-refractivity contribution < 1.29 is 9.53 Å². The maximum Gasteiger partial charge on any atom is 0.358 e. The van der Waals surface area contributed by atoms with Crippen molar-refractivity contribution in [2.45, 2.75) is 39.2 Å². The van der Waals surface area contributed by atoms with Crippen LogP contribution in [0.25, 0.3) is 0 Å². The van der Waals surface area contributed by atoms with Crippen LogP contribution < -0.4 is 0 Å². The van der Waals surface area contributed by atoms with Crippen LogP contribution in [0.15, 0.2) is 12.1 Å². The number of esters is 1. The van der Waals surface area contributed by atoms with Crippen LogP contribution in [0.5, 0.6) is 0 Å². The molecular weight excluding hydrogens is 285 g/mol. The van der Waals surface area contributed by atoms with E-state index >= 15 is 0 Å². The van der Waals surface area contributed by atoms with Gasteiger partial charge in [0.2, 0.25) is 0 Å². The molecule has 19 heavy (non-hydrogen) atoms. The van der Waals surface area contributed by atoms with Crippen LogP contribution in [0, 0.1) is 11.8 Å². The molecule has 0 aliphatic heterocycles. The number of carbonyl (C=O) groups is 1. The van der Waals surface area contributed by atoms with Gasteiger partial charge in [-0.3, -0.25) is 0 Å². The van der Waals surface area contributed by atoms with Crippen LogP contribution >= 0.6 is 23.2 Å². The maximum absolute atomic E-state index is 12.1. The van der Waals surface area contributed by atoms with Crippen LogP contribution in [0.1, 0.15) is 43.6 Å². The third kappa shape index (κ3) is 3.83. The predicted octanol–water partition coefficient (Wildman–Crippen LogP) is 4.37. The molecule has 1 heterocycles. The van der Waals surface area contributed by atoms with E-state index in [1.807, 2.05) is 0 Å². The Balaban J connectivity index is 2.06. The molecule has 1 aromatic rings. The van der Waals surface area contributed by atoms with Crippen molar-refractivity contribution in [1.29, 1.82) is 0 Å². The van der Waals surface area contributed by atoms with Crippen molar-refractivity contribution >= 4 is 29.2 Å². The summed E-state index contributed by atoms with van der Waals surface area (Å²) >= 11 is 11.7. The Hall–Kier alpha value is -0.800. The molecule has 0 spiro atoms. The minimum Gasteiger partial charge on any atom is -0.458 e. The van der Waals surface area contributed by atoms with E-state index in [0.717, 1.165) is 12.8 Å². The summed E-state index contributed by atoms with van der Waals surface area (Å²) < 4.78 is 5.51. The molecule has 5 heteroatoms. The summed E-state index contributed by atoms with van der Waals surface area (Å²) in [4.78, 5) is 16.0. The molecule has 0 bridgehead atoms. The second-order valence-electron chi connectivity index (χ2n) is 5.41. The van der Waals surface area contributed by atoms with Gasteiger partial charge in [0.25, 0.3) is 0 Å². The van der Waals surface area contributed by atoms with Gasteiger partial charge in [0.05, 0.1) is 5.02 Å². The van der Waals surface area contributed by atoms with Crippen LogP contribution in [-0.2, 0) is 4.74 Å². The van der Waals surface area contributed by atoms with E-state index in [-0.39, 0.29) is 22.0 Å². The lowest BCUT2D eigenvalue weighted by atomic mass is 9.82. The lowest BCUT2D eigenvalue weighted by Gasteiger charge is -2.30. The molecule has 1 saturated carbocycles. The Morgan fingerprint density at radius 2 is 1.84 bits per heavy atom. The van der Waals surface area contributed by atoms with Crippen LogP contribution in [0.2, 0.25) is 10.2 Å². The van der Waals surface area contributed by atoms with E-state index in [0.29, 0.717) is 11.8 Å². The summed E-state index contributed by atoms with van der Waals surface area (Å²) in [5, 5.41) is 0.507. The molecule has 1 aromatic heterocycles. The normalized spacial score (nSPS) is 27.1. The number of hydrogen-bond acceptors (Lipinski definition) is 3. The number of ether oxygens (including phenoxy) is 1. The highest BCUT2D eigenvalue weighted by Gasteiger charge is 2.28. The zero-order chi connectivity index (χ0) is 14.0. The van der Waals surface area contributed by atoms with Crippen molar-refractivity contribution in [1.82, 2.24) is 4.98 Å². The first-order valence-electron chi connectivity index (χ1n) is 6.48. The number of hydrogen-bond donors (Lipinski definition) is 0. The van der Waals surface area contributed by atoms with Gasteiger partial charge in [-0.15, -0.1) is 0 Å². The number of halogens is 2. The number of carbonyl (C=O) groups excluding carboxylic acids is 1. The summed E-state index contributed by atoms with van der Waals surface area (Å²) in [5.41, 5.74) is 0.0973. The highest BCUT2D eigenvalue weighted by Crippen LogP contribution is 2.31. The number of nitrogens with zero attached hydrogens (tertiary/aromatic N) is 1. The van der Waals surface area contributed by atoms with Crippen molar-refractivity contribution in [2.24, 2.45) is 11.8 Å². The highest BCUT2D eigenvalue weighted by atomic mass is 35.5. The van der Waals surface area contributed by atoms with Crippen LogP contribution in [-0.4, -0.2) is 17.1 Å². The van der Waals surface area contributed by atoms with Gasteiger partial charge < -0.3 is 4.74 Å². The third-order valence-electron chi connectivity index (χ3n) is 3.41. The zero-order valence-corrected chi connectivity index (χ0v) is 12.5. The Morgan fingerprint density at radius 3 is 2.47 bits per heavy atom. The first kappa shape index (κ1) is 14.6. The second kappa shape index (κ2) is 6.10. The monoisotopic (exact) mass is 301 g/mol. The lowest BCUT2D eigenvalue weighted by molar-refractivity contribution is 0.00747. The first-order chi connectivity index (χ1) is 8.95. The predicted molar refractivity (Wildman–Crippen MR) is 75.6 cm³/mol. The highest BCUT2D eigenvalue weighted by molar-refractivity contribution is 6.34. The second-order valence-corrected chi connectivity index (χ2v) is 6.20. The molecule has 1 aliphatic carbocycles. The van der Waals surface area contributed by atoms with Gasteiger partial charge in [0.1, 0.15) is 11.3 Å². The topological polar surface area (TPSA) is 39.2 Å². The molecule has 1 aliphatic rings. The molecule has 2 rings (SSSR count). The average molecular weight is 302 g/mol. The maximum atomic E-state index is 12.1. The molecule has 2 unspecified atom stereocenters. The molecule has 2 atom stereocenters. The standard InChI is InChI=1S/C14H17Cl2NO2/c1-8-5-9(2)7-10(6-8)19-14(18)13-11(15)3-4-12(16)17-13/h3-4,8-10H,5-7H2,1-2H3. The number of aromatic nitrogens is 1. The molecule has 0 N–H and O–H groups in total. The summed E-state index contributed by atoms with van der Waals surface area (Å²) in [6, 6.07) is 3.10.